The number of likely N-dealkylation sites (tertiary alicyclic amines) is 1. The number of likely N-dealkylation sites (N-methyl/N-ethyl adjacent to an activating group) is 1. The number of hydrogen-bond donors (Lipinski definition) is 2. The summed E-state index contributed by atoms with van der Waals surface area (Å²) in [5.41, 5.74) is -3.12. The van der Waals surface area contributed by atoms with Crippen LogP contribution in [0.1, 0.15) is 55.2 Å². The van der Waals surface area contributed by atoms with Gasteiger partial charge in [0.1, 0.15) is 5.82 Å². The normalized spacial score (nSPS) is 21.9. The Kier molecular flexibility index (Phi) is 10.4. The van der Waals surface area contributed by atoms with Gasteiger partial charge in [0.25, 0.3) is 0 Å². The zero-order valence-corrected chi connectivity index (χ0v) is 25.5. The van der Waals surface area contributed by atoms with Crippen LogP contribution in [0.15, 0.2) is 42.5 Å². The van der Waals surface area contributed by atoms with Gasteiger partial charge in [0.15, 0.2) is 0 Å². The molecule has 0 aromatic heterocycles. The van der Waals surface area contributed by atoms with Crippen LogP contribution in [0.5, 0.6) is 0 Å². The Morgan fingerprint density at radius 1 is 0.870 bits per heavy atom. The van der Waals surface area contributed by atoms with Crippen molar-refractivity contribution in [3.8, 4) is 0 Å². The van der Waals surface area contributed by atoms with Crippen LogP contribution < -0.4 is 15.5 Å². The fourth-order valence-electron chi connectivity index (χ4n) is 6.16. The molecule has 2 aliphatic rings. The molecule has 1 saturated heterocycles. The van der Waals surface area contributed by atoms with Crippen molar-refractivity contribution in [1.82, 2.24) is 20.4 Å². The van der Waals surface area contributed by atoms with Crippen molar-refractivity contribution < 1.29 is 45.1 Å². The van der Waals surface area contributed by atoms with Gasteiger partial charge in [0.2, 0.25) is 5.91 Å². The number of rotatable bonds is 6. The van der Waals surface area contributed by atoms with Gasteiger partial charge in [-0.05, 0) is 68.5 Å². The molecular weight excluding hydrogens is 623 g/mol. The Morgan fingerprint density at radius 3 is 1.96 bits per heavy atom. The predicted molar refractivity (Wildman–Crippen MR) is 155 cm³/mol. The molecule has 15 heteroatoms. The minimum atomic E-state index is -5.09. The van der Waals surface area contributed by atoms with E-state index in [0.717, 1.165) is 7.05 Å². The second-order valence-electron chi connectivity index (χ2n) is 11.7. The highest BCUT2D eigenvalue weighted by molar-refractivity contribution is 5.92. The molecule has 0 unspecified atom stereocenters. The van der Waals surface area contributed by atoms with Crippen LogP contribution in [-0.2, 0) is 17.1 Å². The van der Waals surface area contributed by atoms with Crippen molar-refractivity contribution in [1.29, 1.82) is 0 Å². The van der Waals surface area contributed by atoms with E-state index in [1.54, 1.807) is 11.8 Å². The van der Waals surface area contributed by atoms with Crippen molar-refractivity contribution in [3.63, 3.8) is 0 Å². The van der Waals surface area contributed by atoms with Crippen LogP contribution in [-0.4, -0.2) is 73.6 Å². The summed E-state index contributed by atoms with van der Waals surface area (Å²) in [5, 5.41) is 5.56. The van der Waals surface area contributed by atoms with Gasteiger partial charge in [-0.3, -0.25) is 9.69 Å². The zero-order chi connectivity index (χ0) is 34.0. The molecule has 0 bridgehead atoms. The average molecular weight is 660 g/mol. The molecule has 5 amide bonds. The maximum Gasteiger partial charge on any atom is 0.416 e. The summed E-state index contributed by atoms with van der Waals surface area (Å²) in [7, 11) is 2.44. The number of halogens is 7. The highest BCUT2D eigenvalue weighted by Gasteiger charge is 2.43. The first-order valence-electron chi connectivity index (χ1n) is 14.9. The zero-order valence-electron chi connectivity index (χ0n) is 25.5. The predicted octanol–water partition coefficient (Wildman–Crippen LogP) is 6.22. The monoisotopic (exact) mass is 659 g/mol. The molecule has 8 nitrogen and oxygen atoms in total. The third-order valence-corrected chi connectivity index (χ3v) is 8.69. The highest BCUT2D eigenvalue weighted by atomic mass is 19.4. The van der Waals surface area contributed by atoms with Gasteiger partial charge in [-0.25, -0.2) is 14.0 Å². The fraction of sp³-hybridized carbons (Fsp3) is 0.516. The lowest BCUT2D eigenvalue weighted by atomic mass is 9.85. The van der Waals surface area contributed by atoms with E-state index in [0.29, 0.717) is 54.8 Å². The standard InChI is InChI=1S/C31H36F7N5O3/c1-4-39-28(45)40-23-11-7-19(8-12-23)27(44)43-16-25(18-5-9-22(32)10-6-18)26(17-43)42(3)29(46)41(2)24-14-20(30(33,34)35)13-21(15-24)31(36,37)38/h5-6,9-10,13-15,19,23,25-26H,4,7-8,11-12,16-17H2,1-3H3,(H2,39,40,45)/t19-,23-,25-,26+/m0/s1. The van der Waals surface area contributed by atoms with Crippen LogP contribution in [0.3, 0.4) is 0 Å². The van der Waals surface area contributed by atoms with Crippen molar-refractivity contribution in [2.75, 3.05) is 38.6 Å². The molecule has 0 radical (unpaired) electrons. The number of anilines is 1. The first-order valence-corrected chi connectivity index (χ1v) is 14.9. The Labute approximate surface area is 261 Å². The lowest BCUT2D eigenvalue weighted by Crippen LogP contribution is -2.48. The maximum atomic E-state index is 13.8. The van der Waals surface area contributed by atoms with Crippen LogP contribution in [0.4, 0.5) is 46.0 Å². The number of carbonyl (C=O) groups is 3. The molecule has 2 aromatic carbocycles. The summed E-state index contributed by atoms with van der Waals surface area (Å²) >= 11 is 0. The third-order valence-electron chi connectivity index (χ3n) is 8.69. The van der Waals surface area contributed by atoms with Gasteiger partial charge in [-0.1, -0.05) is 12.1 Å². The molecule has 1 aliphatic heterocycles. The molecule has 1 heterocycles. The first-order chi connectivity index (χ1) is 21.5. The van der Waals surface area contributed by atoms with E-state index in [1.807, 2.05) is 0 Å². The van der Waals surface area contributed by atoms with Crippen molar-refractivity contribution >= 4 is 23.7 Å². The topological polar surface area (TPSA) is 85.0 Å². The Morgan fingerprint density at radius 2 is 1.43 bits per heavy atom. The number of benzene rings is 2. The van der Waals surface area contributed by atoms with Gasteiger partial charge in [-0.15, -0.1) is 0 Å². The Balaban J connectivity index is 1.55. The summed E-state index contributed by atoms with van der Waals surface area (Å²) in [5.74, 6) is -1.52. The molecule has 252 valence electrons. The number of carbonyl (C=O) groups excluding carboxylic acids is 3. The first kappa shape index (κ1) is 34.8. The molecule has 0 spiro atoms. The third kappa shape index (κ3) is 8.02. The molecule has 4 rings (SSSR count). The van der Waals surface area contributed by atoms with Gasteiger partial charge < -0.3 is 20.4 Å². The van der Waals surface area contributed by atoms with Gasteiger partial charge in [-0.2, -0.15) is 26.3 Å². The fourth-order valence-corrected chi connectivity index (χ4v) is 6.16. The van der Waals surface area contributed by atoms with E-state index in [4.69, 9.17) is 0 Å². The van der Waals surface area contributed by atoms with Crippen LogP contribution in [0, 0.1) is 11.7 Å². The lowest BCUT2D eigenvalue weighted by molar-refractivity contribution is -0.143. The van der Waals surface area contributed by atoms with E-state index >= 15 is 0 Å². The van der Waals surface area contributed by atoms with Crippen molar-refractivity contribution in [2.24, 2.45) is 5.92 Å². The van der Waals surface area contributed by atoms with Gasteiger partial charge >= 0.3 is 24.4 Å². The molecule has 1 saturated carbocycles. The molecule has 2 N–H and O–H groups in total. The summed E-state index contributed by atoms with van der Waals surface area (Å²) in [6.07, 6.45) is -7.97. The molecule has 2 fully saturated rings. The highest BCUT2D eigenvalue weighted by Crippen LogP contribution is 2.39. The number of nitrogens with zero attached hydrogens (tertiary/aromatic N) is 3. The lowest BCUT2D eigenvalue weighted by Gasteiger charge is -2.33. The van der Waals surface area contributed by atoms with E-state index in [9.17, 15) is 45.1 Å². The van der Waals surface area contributed by atoms with Crippen LogP contribution in [0.2, 0.25) is 0 Å². The van der Waals surface area contributed by atoms with E-state index in [1.165, 1.54) is 36.2 Å². The number of amides is 5. The Hall–Kier alpha value is -4.04. The summed E-state index contributed by atoms with van der Waals surface area (Å²) in [6, 6.07) is 4.45. The van der Waals surface area contributed by atoms with E-state index < -0.39 is 53.0 Å². The number of urea groups is 2. The molecule has 2 atom stereocenters. The molecule has 1 aliphatic carbocycles. The maximum absolute atomic E-state index is 13.8. The summed E-state index contributed by atoms with van der Waals surface area (Å²) in [4.78, 5) is 42.7. The Bertz CT molecular complexity index is 1380. The average Bonchev–Trinajstić information content (AvgIpc) is 3.45. The number of alkyl halides is 6. The van der Waals surface area contributed by atoms with Crippen LogP contribution >= 0.6 is 0 Å². The summed E-state index contributed by atoms with van der Waals surface area (Å²) in [6.45, 7) is 2.49. The molecule has 46 heavy (non-hydrogen) atoms. The van der Waals surface area contributed by atoms with Crippen molar-refractivity contribution in [2.45, 2.75) is 63.0 Å². The quantitative estimate of drug-likeness (QED) is 0.361. The largest absolute Gasteiger partial charge is 0.416 e. The number of hydrogen-bond acceptors (Lipinski definition) is 3. The smallest absolute Gasteiger partial charge is 0.340 e. The van der Waals surface area contributed by atoms with Crippen molar-refractivity contribution in [3.05, 3.63) is 65.0 Å². The number of nitrogens with one attached hydrogen (secondary N) is 2. The van der Waals surface area contributed by atoms with Gasteiger partial charge in [0.05, 0.1) is 17.2 Å². The SMILES string of the molecule is CCNC(=O)N[C@H]1CC[C@H](C(=O)N2C[C@@H](N(C)C(=O)N(C)c3cc(C(F)(F)F)cc(C(F)(F)F)c3)[C@H](c3ccc(F)cc3)C2)CC1. The minimum absolute atomic E-state index is 0.0138. The summed E-state index contributed by atoms with van der Waals surface area (Å²) < 4.78 is 94.7. The minimum Gasteiger partial charge on any atom is -0.340 e. The van der Waals surface area contributed by atoms with E-state index in [-0.39, 0.29) is 43.1 Å². The molecule has 2 aromatic rings. The second-order valence-corrected chi connectivity index (χ2v) is 11.7. The van der Waals surface area contributed by atoms with Crippen LogP contribution in [0.25, 0.3) is 0 Å². The molecular formula is C31H36F7N5O3. The van der Waals surface area contributed by atoms with Gasteiger partial charge in [0, 0.05) is 57.3 Å². The van der Waals surface area contributed by atoms with E-state index in [2.05, 4.69) is 10.6 Å². The second kappa shape index (κ2) is 13.8.